The first-order valence-corrected chi connectivity index (χ1v) is 10.8. The summed E-state index contributed by atoms with van der Waals surface area (Å²) < 4.78 is 11.0. The van der Waals surface area contributed by atoms with Gasteiger partial charge >= 0.3 is 0 Å². The molecule has 6 nitrogen and oxygen atoms in total. The molecular formula is C28H23N3O3. The Balaban J connectivity index is 1.79. The fourth-order valence-corrected chi connectivity index (χ4v) is 4.08. The van der Waals surface area contributed by atoms with E-state index in [0.29, 0.717) is 22.7 Å². The monoisotopic (exact) mass is 449 g/mol. The van der Waals surface area contributed by atoms with Gasteiger partial charge in [0.1, 0.15) is 5.75 Å². The van der Waals surface area contributed by atoms with Gasteiger partial charge in [0, 0.05) is 17.0 Å². The van der Waals surface area contributed by atoms with Gasteiger partial charge in [0.15, 0.2) is 11.5 Å². The number of methoxy groups -OCH3 is 2. The second-order valence-corrected chi connectivity index (χ2v) is 7.87. The molecule has 0 radical (unpaired) electrons. The van der Waals surface area contributed by atoms with Crippen molar-refractivity contribution >= 4 is 16.9 Å². The van der Waals surface area contributed by atoms with Gasteiger partial charge in [-0.05, 0) is 58.7 Å². The van der Waals surface area contributed by atoms with E-state index in [1.165, 1.54) is 0 Å². The Kier molecular flexibility index (Phi) is 5.47. The molecule has 0 aliphatic heterocycles. The fraction of sp³-hybridized carbons (Fsp3) is 0.0714. The highest BCUT2D eigenvalue weighted by atomic mass is 16.5. The van der Waals surface area contributed by atoms with Gasteiger partial charge in [0.2, 0.25) is 5.95 Å². The number of phenols is 1. The molecule has 5 aromatic rings. The predicted octanol–water partition coefficient (Wildman–Crippen LogP) is 5.94. The van der Waals surface area contributed by atoms with Gasteiger partial charge in [0.05, 0.1) is 25.4 Å². The summed E-state index contributed by atoms with van der Waals surface area (Å²) >= 11 is 0. The minimum absolute atomic E-state index is 0.172. The van der Waals surface area contributed by atoms with Crippen molar-refractivity contribution in [3.05, 3.63) is 84.9 Å². The number of anilines is 1. The molecule has 6 heteroatoms. The zero-order valence-corrected chi connectivity index (χ0v) is 18.8. The molecule has 1 aromatic heterocycles. The summed E-state index contributed by atoms with van der Waals surface area (Å²) in [6.07, 6.45) is 0. The first-order valence-electron chi connectivity index (χ1n) is 10.8. The van der Waals surface area contributed by atoms with E-state index in [4.69, 9.17) is 15.2 Å². The highest BCUT2D eigenvalue weighted by Gasteiger charge is 2.16. The van der Waals surface area contributed by atoms with E-state index < -0.39 is 0 Å². The zero-order valence-electron chi connectivity index (χ0n) is 18.8. The Bertz CT molecular complexity index is 1480. The normalized spacial score (nSPS) is 10.9. The maximum absolute atomic E-state index is 9.76. The van der Waals surface area contributed by atoms with Gasteiger partial charge in [0.25, 0.3) is 0 Å². The van der Waals surface area contributed by atoms with E-state index in [1.54, 1.807) is 32.4 Å². The van der Waals surface area contributed by atoms with E-state index in [-0.39, 0.29) is 11.7 Å². The lowest BCUT2D eigenvalue weighted by atomic mass is 9.94. The minimum atomic E-state index is 0.172. The van der Waals surface area contributed by atoms with Crippen LogP contribution in [-0.4, -0.2) is 29.3 Å². The average Bonchev–Trinajstić information content (AvgIpc) is 2.88. The zero-order chi connectivity index (χ0) is 23.7. The van der Waals surface area contributed by atoms with Gasteiger partial charge in [-0.2, -0.15) is 0 Å². The lowest BCUT2D eigenvalue weighted by Crippen LogP contribution is -2.00. The van der Waals surface area contributed by atoms with E-state index in [0.717, 1.165) is 33.2 Å². The summed E-state index contributed by atoms with van der Waals surface area (Å²) in [5, 5.41) is 10.6. The molecule has 0 fully saturated rings. The molecule has 4 aromatic carbocycles. The fourth-order valence-electron chi connectivity index (χ4n) is 4.08. The highest BCUT2D eigenvalue weighted by Crippen LogP contribution is 2.38. The van der Waals surface area contributed by atoms with Crippen LogP contribution in [0.2, 0.25) is 0 Å². The van der Waals surface area contributed by atoms with Crippen molar-refractivity contribution < 1.29 is 14.6 Å². The second kappa shape index (κ2) is 8.75. The maximum atomic E-state index is 9.76. The SMILES string of the molecule is COc1cc2nc(N)nc(-c3cc(-c4ccccc4)cc(-c4ccc(O)cc4)c3)c2cc1OC. The van der Waals surface area contributed by atoms with E-state index in [1.807, 2.05) is 36.4 Å². The van der Waals surface area contributed by atoms with Crippen LogP contribution in [0.1, 0.15) is 0 Å². The van der Waals surface area contributed by atoms with Crippen LogP contribution in [0.3, 0.4) is 0 Å². The molecule has 34 heavy (non-hydrogen) atoms. The molecule has 1 heterocycles. The molecular weight excluding hydrogens is 426 g/mol. The summed E-state index contributed by atoms with van der Waals surface area (Å²) in [5.41, 5.74) is 12.4. The number of benzene rings is 4. The van der Waals surface area contributed by atoms with Crippen LogP contribution in [0, 0.1) is 0 Å². The first kappa shape index (κ1) is 21.3. The molecule has 0 aliphatic carbocycles. The van der Waals surface area contributed by atoms with Gasteiger partial charge in [-0.3, -0.25) is 0 Å². The number of aromatic hydroxyl groups is 1. The van der Waals surface area contributed by atoms with Crippen molar-refractivity contribution in [1.29, 1.82) is 0 Å². The Morgan fingerprint density at radius 1 is 0.647 bits per heavy atom. The summed E-state index contributed by atoms with van der Waals surface area (Å²) in [5.74, 6) is 1.55. The van der Waals surface area contributed by atoms with Crippen molar-refractivity contribution in [3.63, 3.8) is 0 Å². The van der Waals surface area contributed by atoms with E-state index >= 15 is 0 Å². The quantitative estimate of drug-likeness (QED) is 0.345. The number of phenolic OH excluding ortho intramolecular Hbond substituents is 1. The number of nitrogen functional groups attached to an aromatic ring is 1. The van der Waals surface area contributed by atoms with Crippen molar-refractivity contribution in [2.24, 2.45) is 0 Å². The molecule has 0 spiro atoms. The molecule has 0 amide bonds. The third kappa shape index (κ3) is 3.97. The average molecular weight is 450 g/mol. The number of nitrogens with zero attached hydrogens (tertiary/aromatic N) is 2. The highest BCUT2D eigenvalue weighted by molar-refractivity contribution is 5.97. The summed E-state index contributed by atoms with van der Waals surface area (Å²) in [4.78, 5) is 9.04. The number of aromatic nitrogens is 2. The van der Waals surface area contributed by atoms with Crippen LogP contribution in [-0.2, 0) is 0 Å². The topological polar surface area (TPSA) is 90.5 Å². The third-order valence-corrected chi connectivity index (χ3v) is 5.73. The summed E-state index contributed by atoms with van der Waals surface area (Å²) in [6, 6.07) is 27.3. The van der Waals surface area contributed by atoms with Gasteiger partial charge in [-0.25, -0.2) is 9.97 Å². The Labute approximate surface area is 197 Å². The minimum Gasteiger partial charge on any atom is -0.508 e. The van der Waals surface area contributed by atoms with Crippen LogP contribution >= 0.6 is 0 Å². The summed E-state index contributed by atoms with van der Waals surface area (Å²) in [7, 11) is 3.18. The maximum Gasteiger partial charge on any atom is 0.221 e. The lowest BCUT2D eigenvalue weighted by Gasteiger charge is -2.14. The molecule has 168 valence electrons. The number of nitrogens with two attached hydrogens (primary N) is 1. The Hall–Kier alpha value is -4.58. The van der Waals surface area contributed by atoms with E-state index in [2.05, 4.69) is 40.3 Å². The number of hydrogen-bond acceptors (Lipinski definition) is 6. The van der Waals surface area contributed by atoms with Gasteiger partial charge < -0.3 is 20.3 Å². The van der Waals surface area contributed by atoms with Gasteiger partial charge in [-0.15, -0.1) is 0 Å². The van der Waals surface area contributed by atoms with Crippen LogP contribution in [0.15, 0.2) is 84.9 Å². The van der Waals surface area contributed by atoms with Crippen molar-refractivity contribution in [1.82, 2.24) is 9.97 Å². The van der Waals surface area contributed by atoms with Gasteiger partial charge in [-0.1, -0.05) is 42.5 Å². The lowest BCUT2D eigenvalue weighted by molar-refractivity contribution is 0.356. The third-order valence-electron chi connectivity index (χ3n) is 5.73. The number of ether oxygens (including phenoxy) is 2. The second-order valence-electron chi connectivity index (χ2n) is 7.87. The number of rotatable bonds is 5. The summed E-state index contributed by atoms with van der Waals surface area (Å²) in [6.45, 7) is 0. The smallest absolute Gasteiger partial charge is 0.221 e. The molecule has 3 N–H and O–H groups in total. The largest absolute Gasteiger partial charge is 0.508 e. The molecule has 0 atom stereocenters. The molecule has 5 rings (SSSR count). The molecule has 0 bridgehead atoms. The first-order chi connectivity index (χ1) is 16.6. The van der Waals surface area contributed by atoms with Crippen molar-refractivity contribution in [2.45, 2.75) is 0 Å². The molecule has 0 saturated carbocycles. The number of fused-ring (bicyclic) bond motifs is 1. The number of hydrogen-bond donors (Lipinski definition) is 2. The van der Waals surface area contributed by atoms with Crippen LogP contribution in [0.25, 0.3) is 44.4 Å². The predicted molar refractivity (Wildman–Crippen MR) is 135 cm³/mol. The van der Waals surface area contributed by atoms with Crippen molar-refractivity contribution in [3.8, 4) is 50.8 Å². The van der Waals surface area contributed by atoms with Crippen LogP contribution in [0.5, 0.6) is 17.2 Å². The van der Waals surface area contributed by atoms with E-state index in [9.17, 15) is 5.11 Å². The molecule has 0 saturated heterocycles. The Morgan fingerprint density at radius 3 is 1.88 bits per heavy atom. The molecule has 0 aliphatic rings. The van der Waals surface area contributed by atoms with Crippen LogP contribution < -0.4 is 15.2 Å². The van der Waals surface area contributed by atoms with Crippen molar-refractivity contribution in [2.75, 3.05) is 20.0 Å². The molecule has 0 unspecified atom stereocenters. The Morgan fingerprint density at radius 2 is 1.24 bits per heavy atom. The van der Waals surface area contributed by atoms with Crippen LogP contribution in [0.4, 0.5) is 5.95 Å². The standard InChI is InChI=1S/C28H23N3O3/c1-33-25-15-23-24(16-26(25)34-2)30-28(29)31-27(23)21-13-19(17-6-4-3-5-7-17)12-20(14-21)18-8-10-22(32)11-9-18/h3-16,32H,1-2H3,(H2,29,30,31).